The molecule has 2 rings (SSSR count). The maximum Gasteiger partial charge on any atom is 0.0491 e. The Morgan fingerprint density at radius 3 is 2.88 bits per heavy atom. The van der Waals surface area contributed by atoms with Crippen LogP contribution >= 0.6 is 15.9 Å². The largest absolute Gasteiger partial charge is 0.348 e. The van der Waals surface area contributed by atoms with Crippen molar-refractivity contribution in [2.75, 3.05) is 13.6 Å². The summed E-state index contributed by atoms with van der Waals surface area (Å²) in [5, 5.41) is 4.51. The lowest BCUT2D eigenvalue weighted by atomic mass is 10.2. The van der Waals surface area contributed by atoms with Crippen molar-refractivity contribution in [3.05, 3.63) is 34.4 Å². The molecule has 0 saturated carbocycles. The highest BCUT2D eigenvalue weighted by atomic mass is 79.9. The Kier molecular flexibility index (Phi) is 3.66. The highest BCUT2D eigenvalue weighted by Crippen LogP contribution is 2.23. The number of nitrogens with one attached hydrogen (secondary N) is 1. The lowest BCUT2D eigenvalue weighted by molar-refractivity contribution is 0.698. The first-order valence-electron chi connectivity index (χ1n) is 5.61. The monoisotopic (exact) mass is 280 g/mol. The fraction of sp³-hybridized carbons (Fsp3) is 0.385. The van der Waals surface area contributed by atoms with E-state index in [4.69, 9.17) is 0 Å². The van der Waals surface area contributed by atoms with E-state index in [0.29, 0.717) is 0 Å². The first kappa shape index (κ1) is 11.7. The molecule has 2 nitrogen and oxygen atoms in total. The van der Waals surface area contributed by atoms with Crippen molar-refractivity contribution in [3.8, 4) is 0 Å². The maximum atomic E-state index is 3.52. The molecule has 0 fully saturated rings. The van der Waals surface area contributed by atoms with Crippen LogP contribution in [0.1, 0.15) is 12.1 Å². The van der Waals surface area contributed by atoms with Gasteiger partial charge in [-0.15, -0.1) is 0 Å². The average Bonchev–Trinajstić information content (AvgIpc) is 2.57. The Morgan fingerprint density at radius 1 is 1.31 bits per heavy atom. The highest BCUT2D eigenvalue weighted by molar-refractivity contribution is 9.10. The molecule has 0 aliphatic heterocycles. The van der Waals surface area contributed by atoms with Gasteiger partial charge in [-0.3, -0.25) is 0 Å². The number of hydrogen-bond donors (Lipinski definition) is 1. The van der Waals surface area contributed by atoms with Crippen molar-refractivity contribution in [2.24, 2.45) is 7.05 Å². The van der Waals surface area contributed by atoms with Crippen LogP contribution in [0.4, 0.5) is 0 Å². The van der Waals surface area contributed by atoms with E-state index in [0.717, 1.165) is 17.4 Å². The molecule has 0 amide bonds. The molecule has 1 heterocycles. The number of aromatic nitrogens is 1. The SMILES string of the molecule is CNCCCc1cc2ccc(Br)cc2n1C. The molecular formula is C13H17BrN2. The third-order valence-corrected chi connectivity index (χ3v) is 3.46. The Morgan fingerprint density at radius 2 is 2.12 bits per heavy atom. The van der Waals surface area contributed by atoms with Gasteiger partial charge in [0.2, 0.25) is 0 Å². The third-order valence-electron chi connectivity index (χ3n) is 2.97. The Hall–Kier alpha value is -0.800. The first-order chi connectivity index (χ1) is 7.72. The lowest BCUT2D eigenvalue weighted by Crippen LogP contribution is -2.09. The second-order valence-corrected chi connectivity index (χ2v) is 5.02. The van der Waals surface area contributed by atoms with Crippen molar-refractivity contribution in [1.29, 1.82) is 0 Å². The Labute approximate surface area is 105 Å². The van der Waals surface area contributed by atoms with E-state index in [1.807, 2.05) is 7.05 Å². The topological polar surface area (TPSA) is 17.0 Å². The van der Waals surface area contributed by atoms with E-state index < -0.39 is 0 Å². The van der Waals surface area contributed by atoms with Gasteiger partial charge in [0.15, 0.2) is 0 Å². The summed E-state index contributed by atoms with van der Waals surface area (Å²) in [5.74, 6) is 0. The quantitative estimate of drug-likeness (QED) is 0.852. The number of aryl methyl sites for hydroxylation is 2. The summed E-state index contributed by atoms with van der Waals surface area (Å²) >= 11 is 3.52. The smallest absolute Gasteiger partial charge is 0.0491 e. The molecule has 1 aromatic heterocycles. The van der Waals surface area contributed by atoms with Crippen molar-refractivity contribution in [2.45, 2.75) is 12.8 Å². The van der Waals surface area contributed by atoms with Crippen molar-refractivity contribution in [3.63, 3.8) is 0 Å². The predicted octanol–water partition coefficient (Wildman–Crippen LogP) is 3.09. The minimum absolute atomic E-state index is 1.07. The van der Waals surface area contributed by atoms with Gasteiger partial charge in [-0.2, -0.15) is 0 Å². The third kappa shape index (κ3) is 2.30. The van der Waals surface area contributed by atoms with Crippen LogP contribution in [0.25, 0.3) is 10.9 Å². The summed E-state index contributed by atoms with van der Waals surface area (Å²) in [6.07, 6.45) is 2.31. The summed E-state index contributed by atoms with van der Waals surface area (Å²) in [7, 11) is 4.14. The number of halogens is 1. The summed E-state index contributed by atoms with van der Waals surface area (Å²) < 4.78 is 3.43. The molecule has 1 aromatic carbocycles. The summed E-state index contributed by atoms with van der Waals surface area (Å²) in [6, 6.07) is 8.73. The molecular weight excluding hydrogens is 264 g/mol. The number of hydrogen-bond acceptors (Lipinski definition) is 1. The van der Waals surface area contributed by atoms with Gasteiger partial charge in [-0.05, 0) is 50.0 Å². The van der Waals surface area contributed by atoms with E-state index >= 15 is 0 Å². The van der Waals surface area contributed by atoms with Crippen molar-refractivity contribution < 1.29 is 0 Å². The highest BCUT2D eigenvalue weighted by Gasteiger charge is 2.05. The molecule has 86 valence electrons. The van der Waals surface area contributed by atoms with Gasteiger partial charge in [0.1, 0.15) is 0 Å². The standard InChI is InChI=1S/C13H17BrN2/c1-15-7-3-4-12-8-10-5-6-11(14)9-13(10)16(12)2/h5-6,8-9,15H,3-4,7H2,1-2H3. The lowest BCUT2D eigenvalue weighted by Gasteiger charge is -2.04. The molecule has 0 aliphatic carbocycles. The van der Waals surface area contributed by atoms with E-state index in [2.05, 4.69) is 57.1 Å². The van der Waals surface area contributed by atoms with Crippen LogP contribution in [0.15, 0.2) is 28.7 Å². The molecule has 0 spiro atoms. The maximum absolute atomic E-state index is 3.52. The van der Waals surface area contributed by atoms with E-state index in [1.165, 1.54) is 23.0 Å². The number of rotatable bonds is 4. The zero-order chi connectivity index (χ0) is 11.5. The van der Waals surface area contributed by atoms with Gasteiger partial charge >= 0.3 is 0 Å². The predicted molar refractivity (Wildman–Crippen MR) is 72.9 cm³/mol. The van der Waals surface area contributed by atoms with Gasteiger partial charge in [0.25, 0.3) is 0 Å². The second-order valence-electron chi connectivity index (χ2n) is 4.10. The zero-order valence-electron chi connectivity index (χ0n) is 9.76. The van der Waals surface area contributed by atoms with Gasteiger partial charge in [0.05, 0.1) is 0 Å². The van der Waals surface area contributed by atoms with Gasteiger partial charge in [-0.25, -0.2) is 0 Å². The van der Waals surface area contributed by atoms with E-state index in [1.54, 1.807) is 0 Å². The number of benzene rings is 1. The van der Waals surface area contributed by atoms with Crippen molar-refractivity contribution >= 4 is 26.8 Å². The fourth-order valence-corrected chi connectivity index (χ4v) is 2.40. The molecule has 3 heteroatoms. The first-order valence-corrected chi connectivity index (χ1v) is 6.40. The normalized spacial score (nSPS) is 11.2. The molecule has 0 bridgehead atoms. The number of fused-ring (bicyclic) bond motifs is 1. The fourth-order valence-electron chi connectivity index (χ4n) is 2.05. The minimum atomic E-state index is 1.07. The van der Waals surface area contributed by atoms with Crippen LogP contribution in [-0.2, 0) is 13.5 Å². The second kappa shape index (κ2) is 5.02. The summed E-state index contributed by atoms with van der Waals surface area (Å²) in [6.45, 7) is 1.07. The summed E-state index contributed by atoms with van der Waals surface area (Å²) in [5.41, 5.74) is 2.71. The van der Waals surface area contributed by atoms with E-state index in [9.17, 15) is 0 Å². The summed E-state index contributed by atoms with van der Waals surface area (Å²) in [4.78, 5) is 0. The van der Waals surface area contributed by atoms with Crippen LogP contribution in [0.5, 0.6) is 0 Å². The van der Waals surface area contributed by atoms with Gasteiger partial charge in [0, 0.05) is 22.7 Å². The Balaban J connectivity index is 2.29. The molecule has 1 N–H and O–H groups in total. The van der Waals surface area contributed by atoms with E-state index in [-0.39, 0.29) is 0 Å². The van der Waals surface area contributed by atoms with Crippen LogP contribution in [0.3, 0.4) is 0 Å². The molecule has 0 unspecified atom stereocenters. The molecule has 0 atom stereocenters. The average molecular weight is 281 g/mol. The van der Waals surface area contributed by atoms with Gasteiger partial charge in [-0.1, -0.05) is 22.0 Å². The molecule has 0 saturated heterocycles. The molecule has 16 heavy (non-hydrogen) atoms. The van der Waals surface area contributed by atoms with Gasteiger partial charge < -0.3 is 9.88 Å². The molecule has 2 aromatic rings. The van der Waals surface area contributed by atoms with Crippen LogP contribution in [-0.4, -0.2) is 18.2 Å². The van der Waals surface area contributed by atoms with Crippen LogP contribution < -0.4 is 5.32 Å². The van der Waals surface area contributed by atoms with Crippen molar-refractivity contribution in [1.82, 2.24) is 9.88 Å². The molecule has 0 aliphatic rings. The molecule has 0 radical (unpaired) electrons. The zero-order valence-corrected chi connectivity index (χ0v) is 11.3. The number of nitrogens with zero attached hydrogens (tertiary/aromatic N) is 1. The van der Waals surface area contributed by atoms with Crippen LogP contribution in [0, 0.1) is 0 Å². The van der Waals surface area contributed by atoms with Crippen LogP contribution in [0.2, 0.25) is 0 Å². The Bertz CT molecular complexity index is 488. The minimum Gasteiger partial charge on any atom is -0.348 e.